The molecule has 0 unspecified atom stereocenters. The van der Waals surface area contributed by atoms with Crippen molar-refractivity contribution in [2.45, 2.75) is 45.3 Å². The first-order valence-electron chi connectivity index (χ1n) is 12.3. The van der Waals surface area contributed by atoms with Crippen molar-refractivity contribution in [1.29, 1.82) is 0 Å². The Bertz CT molecular complexity index is 1220. The van der Waals surface area contributed by atoms with Crippen LogP contribution >= 0.6 is 0 Å². The number of pyridine rings is 1. The standard InChI is InChI=1S/C25H32F2N4O5S/c1-4-21(20-9-7-18(13-28-20)35-15-17-5-6-17)36-22-10-8-19(23(26)24(22)27)25(32)29-37(33,34)31-12-11-30(3)16(2)14-31/h7-10,13,16-17,21H,4-6,11-12,14-15H2,1-3H3,(H,29,32)/t16-,21+/m0/s1. The highest BCUT2D eigenvalue weighted by Gasteiger charge is 2.32. The van der Waals surface area contributed by atoms with Crippen molar-refractivity contribution in [3.8, 4) is 11.5 Å². The van der Waals surface area contributed by atoms with Crippen molar-refractivity contribution < 1.29 is 31.5 Å². The number of halogens is 2. The van der Waals surface area contributed by atoms with Crippen molar-refractivity contribution in [3.63, 3.8) is 0 Å². The van der Waals surface area contributed by atoms with Crippen LogP contribution in [-0.2, 0) is 10.2 Å². The first kappa shape index (κ1) is 27.2. The van der Waals surface area contributed by atoms with E-state index in [1.54, 1.807) is 18.3 Å². The average molecular weight is 539 g/mol. The molecule has 0 radical (unpaired) electrons. The normalized spacial score (nSPS) is 19.9. The Hall–Kier alpha value is -2.83. The van der Waals surface area contributed by atoms with Gasteiger partial charge in [0.05, 0.1) is 24.1 Å². The average Bonchev–Trinajstić information content (AvgIpc) is 3.70. The molecule has 1 N–H and O–H groups in total. The lowest BCUT2D eigenvalue weighted by Gasteiger charge is -2.36. The first-order chi connectivity index (χ1) is 17.6. The van der Waals surface area contributed by atoms with Gasteiger partial charge in [-0.25, -0.2) is 9.11 Å². The van der Waals surface area contributed by atoms with Crippen molar-refractivity contribution in [2.24, 2.45) is 5.92 Å². The summed E-state index contributed by atoms with van der Waals surface area (Å²) in [4.78, 5) is 18.9. The van der Waals surface area contributed by atoms with Gasteiger partial charge in [-0.15, -0.1) is 0 Å². The topological polar surface area (TPSA) is 101 Å². The number of amides is 1. The zero-order chi connectivity index (χ0) is 26.7. The molecule has 1 saturated heterocycles. The summed E-state index contributed by atoms with van der Waals surface area (Å²) >= 11 is 0. The number of rotatable bonds is 10. The van der Waals surface area contributed by atoms with E-state index in [2.05, 4.69) is 4.98 Å². The molecule has 2 fully saturated rings. The molecule has 2 aliphatic rings. The minimum Gasteiger partial charge on any atom is -0.492 e. The van der Waals surface area contributed by atoms with Crippen LogP contribution in [0.15, 0.2) is 30.5 Å². The quantitative estimate of drug-likeness (QED) is 0.496. The smallest absolute Gasteiger partial charge is 0.304 e. The molecule has 2 atom stereocenters. The Kier molecular flexibility index (Phi) is 8.29. The molecule has 1 saturated carbocycles. The summed E-state index contributed by atoms with van der Waals surface area (Å²) in [7, 11) is -2.36. The number of hydrogen-bond acceptors (Lipinski definition) is 7. The predicted octanol–water partition coefficient (Wildman–Crippen LogP) is 3.29. The Morgan fingerprint density at radius 3 is 2.57 bits per heavy atom. The van der Waals surface area contributed by atoms with Crippen LogP contribution in [-0.4, -0.2) is 67.8 Å². The van der Waals surface area contributed by atoms with Crippen LogP contribution in [0.2, 0.25) is 0 Å². The Morgan fingerprint density at radius 1 is 1.19 bits per heavy atom. The zero-order valence-electron chi connectivity index (χ0n) is 21.1. The minimum atomic E-state index is -4.23. The van der Waals surface area contributed by atoms with E-state index in [0.29, 0.717) is 36.9 Å². The lowest BCUT2D eigenvalue weighted by molar-refractivity contribution is 0.0969. The molecule has 1 aromatic carbocycles. The molecule has 2 aromatic rings. The molecule has 0 bridgehead atoms. The van der Waals surface area contributed by atoms with Gasteiger partial charge >= 0.3 is 10.2 Å². The summed E-state index contributed by atoms with van der Waals surface area (Å²) in [5, 5.41) is 0. The van der Waals surface area contributed by atoms with Gasteiger partial charge in [-0.3, -0.25) is 9.78 Å². The molecule has 1 aromatic heterocycles. The number of carbonyl (C=O) groups excluding carboxylic acids is 1. The van der Waals surface area contributed by atoms with E-state index in [-0.39, 0.29) is 19.1 Å². The van der Waals surface area contributed by atoms with E-state index in [0.717, 1.165) is 16.4 Å². The summed E-state index contributed by atoms with van der Waals surface area (Å²) in [6, 6.07) is 5.51. The van der Waals surface area contributed by atoms with E-state index >= 15 is 0 Å². The van der Waals surface area contributed by atoms with Crippen molar-refractivity contribution in [1.82, 2.24) is 18.9 Å². The van der Waals surface area contributed by atoms with Gasteiger partial charge in [-0.1, -0.05) is 6.92 Å². The zero-order valence-corrected chi connectivity index (χ0v) is 21.9. The van der Waals surface area contributed by atoms with E-state index in [9.17, 15) is 22.0 Å². The molecular weight excluding hydrogens is 506 g/mol. The number of aromatic nitrogens is 1. The largest absolute Gasteiger partial charge is 0.492 e. The van der Waals surface area contributed by atoms with E-state index in [1.165, 1.54) is 12.8 Å². The lowest BCUT2D eigenvalue weighted by Crippen LogP contribution is -2.55. The number of likely N-dealkylation sites (N-methyl/N-ethyl adjacent to an activating group) is 1. The van der Waals surface area contributed by atoms with Crippen molar-refractivity contribution >= 4 is 16.1 Å². The Labute approximate surface area is 215 Å². The molecule has 2 heterocycles. The van der Waals surface area contributed by atoms with Gasteiger partial charge < -0.3 is 14.4 Å². The van der Waals surface area contributed by atoms with Gasteiger partial charge in [0.15, 0.2) is 11.6 Å². The number of piperazine rings is 1. The number of benzene rings is 1. The van der Waals surface area contributed by atoms with Crippen LogP contribution in [0.1, 0.15) is 55.3 Å². The highest BCUT2D eigenvalue weighted by atomic mass is 32.2. The van der Waals surface area contributed by atoms with Gasteiger partial charge in [0.25, 0.3) is 5.91 Å². The summed E-state index contributed by atoms with van der Waals surface area (Å²) in [5.74, 6) is -3.33. The Morgan fingerprint density at radius 2 is 1.95 bits per heavy atom. The Balaban J connectivity index is 1.43. The molecule has 37 heavy (non-hydrogen) atoms. The van der Waals surface area contributed by atoms with E-state index in [1.807, 2.05) is 30.5 Å². The first-order valence-corrected chi connectivity index (χ1v) is 13.8. The summed E-state index contributed by atoms with van der Waals surface area (Å²) < 4.78 is 69.3. The molecule has 4 rings (SSSR count). The summed E-state index contributed by atoms with van der Waals surface area (Å²) in [6.45, 7) is 5.14. The second kappa shape index (κ2) is 11.3. The molecule has 9 nitrogen and oxygen atoms in total. The molecule has 1 aliphatic heterocycles. The number of nitrogens with one attached hydrogen (secondary N) is 1. The highest BCUT2D eigenvalue weighted by molar-refractivity contribution is 7.87. The minimum absolute atomic E-state index is 0.0569. The van der Waals surface area contributed by atoms with Gasteiger partial charge in [-0.05, 0) is 63.4 Å². The van der Waals surface area contributed by atoms with Gasteiger partial charge in [0, 0.05) is 25.7 Å². The number of carbonyl (C=O) groups is 1. The van der Waals surface area contributed by atoms with Crippen LogP contribution in [0.4, 0.5) is 8.78 Å². The SMILES string of the molecule is CC[C@@H](Oc1ccc(C(=O)NS(=O)(=O)N2CCN(C)[C@@H](C)C2)c(F)c1F)c1ccc(OCC2CC2)cn1. The third-order valence-electron chi connectivity index (χ3n) is 6.69. The fraction of sp³-hybridized carbons (Fsp3) is 0.520. The monoisotopic (exact) mass is 538 g/mol. The highest BCUT2D eigenvalue weighted by Crippen LogP contribution is 2.31. The maximum atomic E-state index is 14.9. The summed E-state index contributed by atoms with van der Waals surface area (Å²) in [5.41, 5.74) is -0.227. The maximum Gasteiger partial charge on any atom is 0.304 e. The number of ether oxygens (including phenoxy) is 2. The number of nitrogens with zero attached hydrogens (tertiary/aromatic N) is 3. The number of hydrogen-bond donors (Lipinski definition) is 1. The van der Waals surface area contributed by atoms with E-state index in [4.69, 9.17) is 9.47 Å². The molecule has 202 valence electrons. The summed E-state index contributed by atoms with van der Waals surface area (Å²) in [6.07, 6.45) is 3.65. The maximum absolute atomic E-state index is 14.9. The van der Waals surface area contributed by atoms with Gasteiger partial charge in [-0.2, -0.15) is 17.1 Å². The predicted molar refractivity (Wildman–Crippen MR) is 133 cm³/mol. The third-order valence-corrected chi connectivity index (χ3v) is 8.14. The van der Waals surface area contributed by atoms with Crippen LogP contribution in [0.25, 0.3) is 0 Å². The molecular formula is C25H32F2N4O5S. The van der Waals surface area contributed by atoms with Crippen LogP contribution < -0.4 is 14.2 Å². The van der Waals surface area contributed by atoms with Gasteiger partial charge in [0.2, 0.25) is 5.82 Å². The second-order valence-corrected chi connectivity index (χ2v) is 11.2. The fourth-order valence-electron chi connectivity index (χ4n) is 3.94. The molecule has 12 heteroatoms. The van der Waals surface area contributed by atoms with Crippen molar-refractivity contribution in [2.75, 3.05) is 33.3 Å². The van der Waals surface area contributed by atoms with Crippen LogP contribution in [0.5, 0.6) is 11.5 Å². The van der Waals surface area contributed by atoms with E-state index < -0.39 is 45.2 Å². The van der Waals surface area contributed by atoms with Crippen molar-refractivity contribution in [3.05, 3.63) is 53.4 Å². The third kappa shape index (κ3) is 6.55. The second-order valence-electron chi connectivity index (χ2n) is 9.55. The van der Waals surface area contributed by atoms with Crippen LogP contribution in [0.3, 0.4) is 0 Å². The molecule has 1 aliphatic carbocycles. The molecule has 0 spiro atoms. The molecule has 1 amide bonds. The fourth-order valence-corrected chi connectivity index (χ4v) is 5.15. The lowest BCUT2D eigenvalue weighted by atomic mass is 10.1. The van der Waals surface area contributed by atoms with Crippen LogP contribution in [0, 0.1) is 17.6 Å². The van der Waals surface area contributed by atoms with Gasteiger partial charge in [0.1, 0.15) is 11.9 Å².